The van der Waals surface area contributed by atoms with E-state index in [-0.39, 0.29) is 18.1 Å². The Morgan fingerprint density at radius 1 is 1.47 bits per heavy atom. The van der Waals surface area contributed by atoms with E-state index in [1.54, 1.807) is 11.9 Å². The first kappa shape index (κ1) is 13.7. The second kappa shape index (κ2) is 5.11. The van der Waals surface area contributed by atoms with E-state index < -0.39 is 0 Å². The molecule has 0 radical (unpaired) electrons. The molecule has 0 aliphatic carbocycles. The number of benzene rings is 1. The highest BCUT2D eigenvalue weighted by Gasteiger charge is 2.32. The lowest BCUT2D eigenvalue weighted by Gasteiger charge is -2.19. The lowest BCUT2D eigenvalue weighted by atomic mass is 10.0. The zero-order valence-corrected chi connectivity index (χ0v) is 12.0. The van der Waals surface area contributed by atoms with Crippen LogP contribution in [0.2, 0.25) is 0 Å². The van der Waals surface area contributed by atoms with Crippen LogP contribution >= 0.6 is 0 Å². The van der Waals surface area contributed by atoms with Gasteiger partial charge in [-0.15, -0.1) is 0 Å². The second-order valence-electron chi connectivity index (χ2n) is 5.48. The molecule has 1 aliphatic rings. The molecular weight excluding hydrogens is 242 g/mol. The Labute approximate surface area is 114 Å². The summed E-state index contributed by atoms with van der Waals surface area (Å²) in [5, 5.41) is 0. The van der Waals surface area contributed by atoms with Gasteiger partial charge in [-0.25, -0.2) is 0 Å². The topological polar surface area (TPSA) is 38.8 Å². The van der Waals surface area contributed by atoms with Crippen LogP contribution in [0.15, 0.2) is 18.2 Å². The van der Waals surface area contributed by atoms with E-state index in [0.29, 0.717) is 12.3 Å². The van der Waals surface area contributed by atoms with Crippen molar-refractivity contribution >= 4 is 5.91 Å². The molecule has 4 heteroatoms. The summed E-state index contributed by atoms with van der Waals surface area (Å²) < 4.78 is 11.5. The van der Waals surface area contributed by atoms with Crippen LogP contribution in [0.25, 0.3) is 0 Å². The van der Waals surface area contributed by atoms with Crippen LogP contribution < -0.4 is 9.47 Å². The predicted octanol–water partition coefficient (Wildman–Crippen LogP) is 2.26. The van der Waals surface area contributed by atoms with Gasteiger partial charge in [0.05, 0.1) is 0 Å². The predicted molar refractivity (Wildman–Crippen MR) is 73.7 cm³/mol. The molecular formula is C15H21NO3. The Bertz CT molecular complexity index is 482. The van der Waals surface area contributed by atoms with Gasteiger partial charge in [-0.05, 0) is 26.8 Å². The van der Waals surface area contributed by atoms with Crippen molar-refractivity contribution in [3.8, 4) is 11.5 Å². The monoisotopic (exact) mass is 263 g/mol. The molecule has 4 nitrogen and oxygen atoms in total. The molecule has 0 atom stereocenters. The van der Waals surface area contributed by atoms with Gasteiger partial charge in [0.15, 0.2) is 18.1 Å². The van der Waals surface area contributed by atoms with Crippen LogP contribution in [-0.2, 0) is 11.2 Å². The molecule has 1 amide bonds. The first-order valence-corrected chi connectivity index (χ1v) is 6.60. The fraction of sp³-hybridized carbons (Fsp3) is 0.533. The van der Waals surface area contributed by atoms with Gasteiger partial charge in [0.2, 0.25) is 0 Å². The summed E-state index contributed by atoms with van der Waals surface area (Å²) in [7, 11) is 1.76. The molecule has 1 aliphatic heterocycles. The van der Waals surface area contributed by atoms with E-state index in [1.165, 1.54) is 0 Å². The van der Waals surface area contributed by atoms with Crippen molar-refractivity contribution < 1.29 is 14.3 Å². The van der Waals surface area contributed by atoms with E-state index in [9.17, 15) is 4.79 Å². The van der Waals surface area contributed by atoms with Crippen molar-refractivity contribution in [2.45, 2.75) is 32.8 Å². The molecule has 0 bridgehead atoms. The van der Waals surface area contributed by atoms with Crippen molar-refractivity contribution in [1.29, 1.82) is 0 Å². The van der Waals surface area contributed by atoms with Crippen molar-refractivity contribution in [3.63, 3.8) is 0 Å². The maximum absolute atomic E-state index is 11.7. The highest BCUT2D eigenvalue weighted by molar-refractivity contribution is 5.77. The van der Waals surface area contributed by atoms with Crippen molar-refractivity contribution in [1.82, 2.24) is 4.90 Å². The van der Waals surface area contributed by atoms with Gasteiger partial charge < -0.3 is 14.4 Å². The number of fused-ring (bicyclic) bond motifs is 1. The Kier molecular flexibility index (Phi) is 3.69. The van der Waals surface area contributed by atoms with Gasteiger partial charge in [0.1, 0.15) is 5.60 Å². The second-order valence-corrected chi connectivity index (χ2v) is 5.48. The molecule has 2 rings (SSSR count). The molecule has 1 heterocycles. The molecule has 1 aromatic rings. The minimum Gasteiger partial charge on any atom is -0.483 e. The summed E-state index contributed by atoms with van der Waals surface area (Å²) >= 11 is 0. The Morgan fingerprint density at radius 3 is 2.89 bits per heavy atom. The third kappa shape index (κ3) is 3.00. The summed E-state index contributed by atoms with van der Waals surface area (Å²) in [6, 6.07) is 5.82. The summed E-state index contributed by atoms with van der Waals surface area (Å²) in [6.07, 6.45) is 0.863. The van der Waals surface area contributed by atoms with Crippen molar-refractivity contribution in [3.05, 3.63) is 23.8 Å². The van der Waals surface area contributed by atoms with Crippen molar-refractivity contribution in [2.24, 2.45) is 0 Å². The lowest BCUT2D eigenvalue weighted by molar-refractivity contribution is -0.131. The van der Waals surface area contributed by atoms with Crippen LogP contribution in [0.1, 0.15) is 26.3 Å². The molecule has 0 unspecified atom stereocenters. The van der Waals surface area contributed by atoms with Gasteiger partial charge in [0, 0.05) is 25.6 Å². The number of ether oxygens (including phenoxy) is 2. The van der Waals surface area contributed by atoms with E-state index >= 15 is 0 Å². The molecule has 0 spiro atoms. The van der Waals surface area contributed by atoms with Crippen molar-refractivity contribution in [2.75, 3.05) is 20.2 Å². The molecule has 0 N–H and O–H groups in total. The fourth-order valence-corrected chi connectivity index (χ4v) is 2.13. The number of amides is 1. The number of carbonyl (C=O) groups is 1. The largest absolute Gasteiger partial charge is 0.483 e. The van der Waals surface area contributed by atoms with E-state index in [2.05, 4.69) is 0 Å². The summed E-state index contributed by atoms with van der Waals surface area (Å²) in [6.45, 7) is 6.76. The van der Waals surface area contributed by atoms with Gasteiger partial charge in [-0.2, -0.15) is 0 Å². The maximum Gasteiger partial charge on any atom is 0.260 e. The standard InChI is InChI=1S/C15H21NO3/c1-5-16(4)13(17)10-18-12-8-6-7-11-9-15(2,3)19-14(11)12/h6-8H,5,9-10H2,1-4H3. The highest BCUT2D eigenvalue weighted by atomic mass is 16.5. The Morgan fingerprint density at radius 2 is 2.21 bits per heavy atom. The van der Waals surface area contributed by atoms with E-state index in [1.807, 2.05) is 39.0 Å². The van der Waals surface area contributed by atoms with Gasteiger partial charge in [0.25, 0.3) is 5.91 Å². The minimum absolute atomic E-state index is 0.0302. The average Bonchev–Trinajstić information content (AvgIpc) is 2.69. The number of para-hydroxylation sites is 1. The molecule has 0 saturated heterocycles. The zero-order valence-electron chi connectivity index (χ0n) is 12.0. The number of nitrogens with zero attached hydrogens (tertiary/aromatic N) is 1. The number of rotatable bonds is 4. The first-order valence-electron chi connectivity index (χ1n) is 6.60. The fourth-order valence-electron chi connectivity index (χ4n) is 2.13. The van der Waals surface area contributed by atoms with E-state index in [4.69, 9.17) is 9.47 Å². The van der Waals surface area contributed by atoms with Gasteiger partial charge in [-0.1, -0.05) is 12.1 Å². The smallest absolute Gasteiger partial charge is 0.260 e. The number of likely N-dealkylation sites (N-methyl/N-ethyl adjacent to an activating group) is 1. The zero-order chi connectivity index (χ0) is 14.0. The SMILES string of the molecule is CCN(C)C(=O)COc1cccc2c1OC(C)(C)C2. The molecule has 0 aromatic heterocycles. The number of hydrogen-bond donors (Lipinski definition) is 0. The molecule has 104 valence electrons. The minimum atomic E-state index is -0.202. The number of hydrogen-bond acceptors (Lipinski definition) is 3. The van der Waals surface area contributed by atoms with E-state index in [0.717, 1.165) is 17.7 Å². The van der Waals surface area contributed by atoms with Crippen LogP contribution in [0.4, 0.5) is 0 Å². The van der Waals surface area contributed by atoms with Crippen LogP contribution in [-0.4, -0.2) is 36.6 Å². The van der Waals surface area contributed by atoms with Crippen LogP contribution in [0.3, 0.4) is 0 Å². The molecule has 19 heavy (non-hydrogen) atoms. The normalized spacial score (nSPS) is 15.6. The summed E-state index contributed by atoms with van der Waals surface area (Å²) in [5.41, 5.74) is 0.935. The summed E-state index contributed by atoms with van der Waals surface area (Å²) in [4.78, 5) is 13.4. The third-order valence-corrected chi connectivity index (χ3v) is 3.31. The highest BCUT2D eigenvalue weighted by Crippen LogP contribution is 2.41. The molecule has 0 saturated carbocycles. The Balaban J connectivity index is 2.08. The third-order valence-electron chi connectivity index (χ3n) is 3.31. The maximum atomic E-state index is 11.7. The lowest BCUT2D eigenvalue weighted by Crippen LogP contribution is -2.31. The quantitative estimate of drug-likeness (QED) is 0.836. The van der Waals surface area contributed by atoms with Crippen LogP contribution in [0.5, 0.6) is 11.5 Å². The van der Waals surface area contributed by atoms with Gasteiger partial charge in [-0.3, -0.25) is 4.79 Å². The average molecular weight is 263 g/mol. The summed E-state index contributed by atoms with van der Waals surface area (Å²) in [5.74, 6) is 1.40. The number of carbonyl (C=O) groups excluding carboxylic acids is 1. The molecule has 1 aromatic carbocycles. The van der Waals surface area contributed by atoms with Crippen LogP contribution in [0, 0.1) is 0 Å². The first-order chi connectivity index (χ1) is 8.93. The molecule has 0 fully saturated rings. The van der Waals surface area contributed by atoms with Gasteiger partial charge >= 0.3 is 0 Å². The Hall–Kier alpha value is -1.71.